The summed E-state index contributed by atoms with van der Waals surface area (Å²) in [5.74, 6) is -2.17. The quantitative estimate of drug-likeness (QED) is 0.0237. The van der Waals surface area contributed by atoms with E-state index in [0.717, 1.165) is 34.0 Å². The molecule has 0 bridgehead atoms. The van der Waals surface area contributed by atoms with Crippen molar-refractivity contribution >= 4 is 91.1 Å². The number of aromatic amines is 2. The third-order valence-corrected chi connectivity index (χ3v) is 14.2. The van der Waals surface area contributed by atoms with E-state index in [1.54, 1.807) is 99.1 Å². The normalized spacial score (nSPS) is 13.2. The number of carbonyl (C=O) groups excluding carboxylic acids is 6. The average Bonchev–Trinajstić information content (AvgIpc) is 4.17. The van der Waals surface area contributed by atoms with Gasteiger partial charge in [-0.1, -0.05) is 51.0 Å². The number of nitrogens with two attached hydrogens (primary N) is 2. The van der Waals surface area contributed by atoms with Gasteiger partial charge in [-0.25, -0.2) is 9.80 Å². The number of methoxy groups -OCH3 is 2. The number of ether oxygens (including phenoxy) is 4. The van der Waals surface area contributed by atoms with Crippen LogP contribution in [0, 0.1) is 0 Å². The molecule has 2 aliphatic rings. The molecular formula is C59H56N8O10. The number of benzene rings is 6. The summed E-state index contributed by atoms with van der Waals surface area (Å²) >= 11 is 0. The minimum Gasteiger partial charge on any atom is -0.491 e. The third-order valence-electron chi connectivity index (χ3n) is 14.2. The summed E-state index contributed by atoms with van der Waals surface area (Å²) < 4.78 is 22.1. The van der Waals surface area contributed by atoms with Crippen molar-refractivity contribution in [2.75, 3.05) is 72.5 Å². The van der Waals surface area contributed by atoms with Gasteiger partial charge in [0.15, 0.2) is 0 Å². The van der Waals surface area contributed by atoms with E-state index in [9.17, 15) is 28.8 Å². The minimum absolute atomic E-state index is 0.186. The van der Waals surface area contributed by atoms with Gasteiger partial charge in [-0.05, 0) is 110 Å². The van der Waals surface area contributed by atoms with Crippen molar-refractivity contribution in [3.8, 4) is 11.5 Å². The molecule has 10 rings (SSSR count). The van der Waals surface area contributed by atoms with Crippen molar-refractivity contribution in [1.29, 1.82) is 0 Å². The second-order valence-electron chi connectivity index (χ2n) is 18.9. The number of rotatable bonds is 20. The molecule has 18 nitrogen and oxygen atoms in total. The lowest BCUT2D eigenvalue weighted by molar-refractivity contribution is 0.0877. The smallest absolute Gasteiger partial charge is 0.272 e. The van der Waals surface area contributed by atoms with Crippen molar-refractivity contribution in [3.63, 3.8) is 0 Å². The van der Waals surface area contributed by atoms with E-state index >= 15 is 0 Å². The largest absolute Gasteiger partial charge is 0.491 e. The molecule has 392 valence electrons. The maximum atomic E-state index is 14.1. The van der Waals surface area contributed by atoms with Gasteiger partial charge in [-0.3, -0.25) is 28.8 Å². The fourth-order valence-corrected chi connectivity index (χ4v) is 10.6. The third kappa shape index (κ3) is 9.16. The van der Waals surface area contributed by atoms with Crippen molar-refractivity contribution in [3.05, 3.63) is 166 Å². The molecule has 6 amide bonds. The standard InChI is InChI=1S/C59H56N8O10/c1-5-25-59(26-6-2,49-23-19-43(62-49)53(68)64-45-31-33(13-17-41(45)60)66-55(70)37-11-7-9-35-47(76-29-27-74-3)21-15-39(51(35)37)57(66)72)50-24-20-44(63-50)54(69)65-46-32-34(14-18-42(46)61)67-56(71)38-12-8-10-36-48(77-30-28-75-4)22-16-40(52(36)38)58(67)73/h7-24,31-32,62-63H,5-6,25-30,60-61H2,1-4H3,(H,64,68)(H,65,69). The first kappa shape index (κ1) is 51.2. The maximum absolute atomic E-state index is 14.1. The predicted molar refractivity (Wildman–Crippen MR) is 295 cm³/mol. The summed E-state index contributed by atoms with van der Waals surface area (Å²) in [6, 6.07) is 33.3. The van der Waals surface area contributed by atoms with Gasteiger partial charge in [0.2, 0.25) is 0 Å². The Kier molecular flexibility index (Phi) is 14.1. The highest BCUT2D eigenvalue weighted by Crippen LogP contribution is 2.43. The van der Waals surface area contributed by atoms with E-state index in [0.29, 0.717) is 81.4 Å². The van der Waals surface area contributed by atoms with Crippen LogP contribution in [-0.4, -0.2) is 86.1 Å². The van der Waals surface area contributed by atoms with Crippen molar-refractivity contribution in [2.45, 2.75) is 44.9 Å². The van der Waals surface area contributed by atoms with Gasteiger partial charge in [0.25, 0.3) is 35.4 Å². The fraction of sp³-hybridized carbons (Fsp3) is 0.220. The molecule has 0 spiro atoms. The van der Waals surface area contributed by atoms with Crippen molar-refractivity contribution in [2.24, 2.45) is 0 Å². The highest BCUT2D eigenvalue weighted by Gasteiger charge is 2.39. The van der Waals surface area contributed by atoms with E-state index in [4.69, 9.17) is 30.4 Å². The second kappa shape index (κ2) is 21.2. The highest BCUT2D eigenvalue weighted by atomic mass is 16.5. The van der Waals surface area contributed by atoms with Crippen LogP contribution in [-0.2, 0) is 14.9 Å². The molecular weight excluding hydrogens is 981 g/mol. The molecule has 77 heavy (non-hydrogen) atoms. The molecule has 2 aliphatic heterocycles. The lowest BCUT2D eigenvalue weighted by Gasteiger charge is -2.32. The summed E-state index contributed by atoms with van der Waals surface area (Å²) in [6.07, 6.45) is 2.78. The molecule has 8 N–H and O–H groups in total. The Morgan fingerprint density at radius 3 is 1.31 bits per heavy atom. The Morgan fingerprint density at radius 1 is 0.519 bits per heavy atom. The monoisotopic (exact) mass is 1040 g/mol. The number of nitrogen functional groups attached to an aromatic ring is 2. The number of aromatic nitrogens is 2. The number of nitrogens with one attached hydrogen (secondary N) is 4. The zero-order chi connectivity index (χ0) is 54.1. The van der Waals surface area contributed by atoms with Crippen LogP contribution in [0.2, 0.25) is 0 Å². The molecule has 8 aromatic rings. The summed E-state index contributed by atoms with van der Waals surface area (Å²) in [6.45, 7) is 5.42. The molecule has 6 aromatic carbocycles. The average molecular weight is 1040 g/mol. The minimum atomic E-state index is -0.700. The first-order valence-electron chi connectivity index (χ1n) is 25.3. The van der Waals surface area contributed by atoms with E-state index in [-0.39, 0.29) is 58.7 Å². The first-order chi connectivity index (χ1) is 37.3. The Bertz CT molecular complexity index is 3410. The number of H-pyrrole nitrogens is 2. The maximum Gasteiger partial charge on any atom is 0.272 e. The van der Waals surface area contributed by atoms with Crippen molar-refractivity contribution < 1.29 is 47.7 Å². The van der Waals surface area contributed by atoms with Crippen LogP contribution in [0.25, 0.3) is 21.5 Å². The Hall–Kier alpha value is -9.26. The van der Waals surface area contributed by atoms with Crippen LogP contribution in [0.3, 0.4) is 0 Å². The van der Waals surface area contributed by atoms with E-state index in [1.807, 2.05) is 12.1 Å². The van der Waals surface area contributed by atoms with Crippen LogP contribution in [0.15, 0.2) is 121 Å². The number of anilines is 6. The number of imide groups is 2. The molecule has 0 saturated carbocycles. The number of nitrogens with zero attached hydrogens (tertiary/aromatic N) is 2. The zero-order valence-electron chi connectivity index (χ0n) is 42.8. The highest BCUT2D eigenvalue weighted by molar-refractivity contribution is 6.37. The molecule has 0 radical (unpaired) electrons. The van der Waals surface area contributed by atoms with Crippen LogP contribution < -0.4 is 41.4 Å². The van der Waals surface area contributed by atoms with E-state index in [2.05, 4.69) is 34.4 Å². The molecule has 0 atom stereocenters. The number of carbonyl (C=O) groups is 6. The summed E-state index contributed by atoms with van der Waals surface area (Å²) in [5, 5.41) is 7.99. The number of hydrogen-bond donors (Lipinski definition) is 6. The van der Waals surface area contributed by atoms with Gasteiger partial charge in [-0.2, -0.15) is 0 Å². The first-order valence-corrected chi connectivity index (χ1v) is 25.3. The molecule has 0 fully saturated rings. The van der Waals surface area contributed by atoms with Gasteiger partial charge in [-0.15, -0.1) is 0 Å². The van der Waals surface area contributed by atoms with E-state index in [1.165, 1.54) is 24.3 Å². The van der Waals surface area contributed by atoms with Gasteiger partial charge < -0.3 is 51.0 Å². The van der Waals surface area contributed by atoms with E-state index < -0.39 is 40.9 Å². The fourth-order valence-electron chi connectivity index (χ4n) is 10.6. The topological polar surface area (TPSA) is 253 Å². The number of hydrogen-bond acceptors (Lipinski definition) is 12. The van der Waals surface area contributed by atoms with Crippen LogP contribution in [0.5, 0.6) is 11.5 Å². The van der Waals surface area contributed by atoms with Gasteiger partial charge in [0, 0.05) is 69.4 Å². The van der Waals surface area contributed by atoms with Crippen LogP contribution in [0.4, 0.5) is 34.1 Å². The molecule has 2 aromatic heterocycles. The Labute approximate surface area is 442 Å². The van der Waals surface area contributed by atoms with Gasteiger partial charge in [0.05, 0.1) is 52.8 Å². The number of amides is 6. The molecule has 18 heteroatoms. The summed E-state index contributed by atoms with van der Waals surface area (Å²) in [5.41, 5.74) is 16.5. The molecule has 0 aliphatic carbocycles. The second-order valence-corrected chi connectivity index (χ2v) is 18.9. The predicted octanol–water partition coefficient (Wildman–Crippen LogP) is 9.86. The summed E-state index contributed by atoms with van der Waals surface area (Å²) in [7, 11) is 3.15. The zero-order valence-corrected chi connectivity index (χ0v) is 42.8. The molecule has 0 saturated heterocycles. The van der Waals surface area contributed by atoms with Crippen LogP contribution >= 0.6 is 0 Å². The lowest BCUT2D eigenvalue weighted by Crippen LogP contribution is -2.40. The Morgan fingerprint density at radius 2 is 0.922 bits per heavy atom. The lowest BCUT2D eigenvalue weighted by atomic mass is 9.74. The van der Waals surface area contributed by atoms with Gasteiger partial charge in [0.1, 0.15) is 36.1 Å². The molecule has 4 heterocycles. The van der Waals surface area contributed by atoms with Crippen LogP contribution in [0.1, 0.15) is 113 Å². The van der Waals surface area contributed by atoms with Gasteiger partial charge >= 0.3 is 0 Å². The van der Waals surface area contributed by atoms with Crippen molar-refractivity contribution in [1.82, 2.24) is 9.97 Å². The summed E-state index contributed by atoms with van der Waals surface area (Å²) in [4.78, 5) is 93.6. The molecule has 0 unspecified atom stereocenters. The SMILES string of the molecule is CCCC(CCC)(c1ccc(C(=O)Nc2cc(N3C(=O)c4cccc5c(OCCOC)ccc(c45)C3=O)ccc2N)[nH]1)c1ccc(C(=O)Nc2cc(N3C(=O)c4cccc5c(OCCOC)ccc(c45)C3=O)ccc2N)[nH]1. The Balaban J connectivity index is 0.869.